The topological polar surface area (TPSA) is 114 Å². The van der Waals surface area contributed by atoms with E-state index in [1.807, 2.05) is 0 Å². The van der Waals surface area contributed by atoms with Crippen LogP contribution in [-0.2, 0) is 20.2 Å². The quantitative estimate of drug-likeness (QED) is 0.405. The van der Waals surface area contributed by atoms with Crippen LogP contribution in [0.2, 0.25) is 0 Å². The van der Waals surface area contributed by atoms with E-state index in [4.69, 9.17) is 0 Å². The van der Waals surface area contributed by atoms with Crippen LogP contribution in [0.1, 0.15) is 13.8 Å². The van der Waals surface area contributed by atoms with Gasteiger partial charge in [0.25, 0.3) is 0 Å². The van der Waals surface area contributed by atoms with Gasteiger partial charge in [0, 0.05) is 0 Å². The first-order valence-electron chi connectivity index (χ1n) is 3.99. The summed E-state index contributed by atoms with van der Waals surface area (Å²) in [6, 6.07) is 0. The van der Waals surface area contributed by atoms with Crippen LogP contribution in [0, 0.1) is 0 Å². The molecule has 0 spiro atoms. The molecule has 0 heterocycles. The summed E-state index contributed by atoms with van der Waals surface area (Å²) in [6.07, 6.45) is 0. The molecular formula is C8H14CaO6S2. The molecule has 0 bridgehead atoms. The van der Waals surface area contributed by atoms with Crippen LogP contribution in [0.3, 0.4) is 0 Å². The molecule has 0 saturated heterocycles. The Bertz CT molecular complexity index is 404. The molecule has 0 unspecified atom stereocenters. The van der Waals surface area contributed by atoms with Crippen molar-refractivity contribution < 1.29 is 25.9 Å². The molecule has 0 amide bonds. The van der Waals surface area contributed by atoms with E-state index < -0.39 is 31.7 Å². The Morgan fingerprint density at radius 1 is 0.882 bits per heavy atom. The first kappa shape index (κ1) is 22.7. The van der Waals surface area contributed by atoms with Crippen molar-refractivity contribution in [3.05, 3.63) is 24.3 Å². The number of hydrogen-bond acceptors (Lipinski definition) is 6. The number of hydrogen-bond donors (Lipinski definition) is 0. The van der Waals surface area contributed by atoms with Crippen LogP contribution in [0.4, 0.5) is 0 Å². The molecule has 96 valence electrons. The molecule has 9 heteroatoms. The second kappa shape index (κ2) is 9.48. The van der Waals surface area contributed by atoms with Gasteiger partial charge in [-0.1, -0.05) is 24.3 Å². The molecule has 0 radical (unpaired) electrons. The van der Waals surface area contributed by atoms with Crippen LogP contribution in [-0.4, -0.2) is 75.2 Å². The van der Waals surface area contributed by atoms with Crippen molar-refractivity contribution in [2.24, 2.45) is 0 Å². The molecule has 0 aliphatic rings. The molecule has 0 aromatic heterocycles. The van der Waals surface area contributed by atoms with Gasteiger partial charge in [-0.05, 0) is 13.8 Å². The summed E-state index contributed by atoms with van der Waals surface area (Å²) < 4.78 is 59.0. The molecule has 6 nitrogen and oxygen atoms in total. The Kier molecular flexibility index (Phi) is 12.7. The van der Waals surface area contributed by atoms with E-state index in [-0.39, 0.29) is 37.7 Å². The second-order valence-corrected chi connectivity index (χ2v) is 6.13. The normalized spacial score (nSPS) is 10.6. The monoisotopic (exact) mass is 310 g/mol. The Labute approximate surface area is 132 Å². The van der Waals surface area contributed by atoms with Gasteiger partial charge in [0.2, 0.25) is 0 Å². The van der Waals surface area contributed by atoms with Gasteiger partial charge >= 0.3 is 37.7 Å². The van der Waals surface area contributed by atoms with E-state index in [0.717, 1.165) is 0 Å². The van der Waals surface area contributed by atoms with E-state index in [2.05, 4.69) is 13.2 Å². The minimum Gasteiger partial charge on any atom is -0.748 e. The Morgan fingerprint density at radius 2 is 1.06 bits per heavy atom. The van der Waals surface area contributed by atoms with Crippen LogP contribution in [0.5, 0.6) is 0 Å². The largest absolute Gasteiger partial charge is 2.00 e. The molecule has 0 N–H and O–H groups in total. The average Bonchev–Trinajstić information content (AvgIpc) is 1.72. The number of rotatable bonds is 4. The minimum atomic E-state index is -4.07. The zero-order valence-electron chi connectivity index (χ0n) is 9.80. The summed E-state index contributed by atoms with van der Waals surface area (Å²) in [5, 5.41) is 0. The maximum atomic E-state index is 9.83. The molecule has 0 fully saturated rings. The third-order valence-corrected chi connectivity index (χ3v) is 2.54. The molecule has 0 aromatic rings. The predicted octanol–water partition coefficient (Wildman–Crippen LogP) is -0.165. The fourth-order valence-electron chi connectivity index (χ4n) is 0.604. The molecule has 0 saturated carbocycles. The fraction of sp³-hybridized carbons (Fsp3) is 0.500. The summed E-state index contributed by atoms with van der Waals surface area (Å²) in [7, 11) is -8.15. The maximum absolute atomic E-state index is 9.83. The van der Waals surface area contributed by atoms with E-state index in [1.165, 1.54) is 13.8 Å². The molecule has 0 aliphatic heterocycles. The molecule has 0 aliphatic carbocycles. The summed E-state index contributed by atoms with van der Waals surface area (Å²) in [6.45, 7) is 9.51. The van der Waals surface area contributed by atoms with Gasteiger partial charge in [0.1, 0.15) is 0 Å². The molecule has 17 heavy (non-hydrogen) atoms. The molecule has 0 rings (SSSR count). The Morgan fingerprint density at radius 3 is 1.06 bits per heavy atom. The minimum absolute atomic E-state index is 0. The van der Waals surface area contributed by atoms with Gasteiger partial charge in [-0.2, -0.15) is 0 Å². The van der Waals surface area contributed by atoms with Crippen LogP contribution >= 0.6 is 0 Å². The van der Waals surface area contributed by atoms with Crippen molar-refractivity contribution in [1.82, 2.24) is 0 Å². The van der Waals surface area contributed by atoms with Gasteiger partial charge < -0.3 is 9.11 Å². The second-order valence-electron chi connectivity index (χ2n) is 3.32. The van der Waals surface area contributed by atoms with Gasteiger partial charge in [-0.3, -0.25) is 0 Å². The molecular weight excluding hydrogens is 296 g/mol. The first-order chi connectivity index (χ1) is 6.83. The first-order valence-corrected chi connectivity index (χ1v) is 7.15. The summed E-state index contributed by atoms with van der Waals surface area (Å²) >= 11 is 0. The zero-order valence-corrected chi connectivity index (χ0v) is 13.6. The van der Waals surface area contributed by atoms with Gasteiger partial charge in [0.05, 0.1) is 31.7 Å². The van der Waals surface area contributed by atoms with Crippen molar-refractivity contribution in [3.8, 4) is 0 Å². The van der Waals surface area contributed by atoms with E-state index in [9.17, 15) is 25.9 Å². The van der Waals surface area contributed by atoms with Crippen molar-refractivity contribution in [2.45, 2.75) is 13.8 Å². The van der Waals surface area contributed by atoms with E-state index in [0.29, 0.717) is 11.1 Å². The Balaban J connectivity index is -0.000000218. The van der Waals surface area contributed by atoms with Crippen molar-refractivity contribution in [1.29, 1.82) is 0 Å². The van der Waals surface area contributed by atoms with Crippen molar-refractivity contribution in [2.75, 3.05) is 11.5 Å². The summed E-state index contributed by atoms with van der Waals surface area (Å²) in [5.41, 5.74) is 0.750. The standard InChI is InChI=1S/2C4H8O3S.Ca/c2*1-4(2)3-8(5,6)7;/h2*1,3H2,2H3,(H,5,6,7);/q;;+2/p-2. The van der Waals surface area contributed by atoms with Crippen LogP contribution < -0.4 is 0 Å². The molecule has 0 aromatic carbocycles. The SMILES string of the molecule is C=C(C)CS(=O)(=O)[O-].C=C(C)CS(=O)(=O)[O-].[Ca+2]. The van der Waals surface area contributed by atoms with Crippen molar-refractivity contribution >= 4 is 58.0 Å². The fourth-order valence-corrected chi connectivity index (χ4v) is 1.81. The summed E-state index contributed by atoms with van der Waals surface area (Å²) in [4.78, 5) is 0. The zero-order chi connectivity index (χ0) is 13.6. The smallest absolute Gasteiger partial charge is 0.748 e. The third-order valence-electron chi connectivity index (χ3n) is 0.846. The van der Waals surface area contributed by atoms with Crippen LogP contribution in [0.25, 0.3) is 0 Å². The van der Waals surface area contributed by atoms with Crippen molar-refractivity contribution in [3.63, 3.8) is 0 Å². The average molecular weight is 310 g/mol. The van der Waals surface area contributed by atoms with Crippen LogP contribution in [0.15, 0.2) is 24.3 Å². The maximum Gasteiger partial charge on any atom is 2.00 e. The van der Waals surface area contributed by atoms with E-state index in [1.54, 1.807) is 0 Å². The summed E-state index contributed by atoms with van der Waals surface area (Å²) in [5.74, 6) is -0.903. The van der Waals surface area contributed by atoms with Gasteiger partial charge in [0.15, 0.2) is 0 Å². The predicted molar refractivity (Wildman–Crippen MR) is 64.5 cm³/mol. The van der Waals surface area contributed by atoms with Gasteiger partial charge in [-0.15, -0.1) is 0 Å². The van der Waals surface area contributed by atoms with E-state index >= 15 is 0 Å². The molecule has 0 atom stereocenters. The van der Waals surface area contributed by atoms with Gasteiger partial charge in [-0.25, -0.2) is 16.8 Å². The Hall–Kier alpha value is 0.560. The third kappa shape index (κ3) is 31.5.